The van der Waals surface area contributed by atoms with Gasteiger partial charge < -0.3 is 9.80 Å². The highest BCUT2D eigenvalue weighted by atomic mass is 15.2. The van der Waals surface area contributed by atoms with Crippen LogP contribution in [0.2, 0.25) is 0 Å². The van der Waals surface area contributed by atoms with E-state index >= 15 is 0 Å². The Kier molecular flexibility index (Phi) is 7.18. The van der Waals surface area contributed by atoms with E-state index in [1.165, 1.54) is 53.9 Å². The maximum atomic E-state index is 2.43. The Labute approximate surface area is 303 Å². The zero-order chi connectivity index (χ0) is 34.4. The van der Waals surface area contributed by atoms with Gasteiger partial charge in [0.2, 0.25) is 0 Å². The fraction of sp³-hybridized carbons (Fsp3) is 0. The highest BCUT2D eigenvalue weighted by molar-refractivity contribution is 6.08. The molecular weight excluding hydrogens is 629 g/mol. The van der Waals surface area contributed by atoms with E-state index in [0.717, 1.165) is 34.1 Å². The normalized spacial score (nSPS) is 11.5. The predicted molar refractivity (Wildman–Crippen MR) is 223 cm³/mol. The first-order valence-electron chi connectivity index (χ1n) is 17.9. The molecule has 0 saturated heterocycles. The third kappa shape index (κ3) is 5.04. The molecule has 0 radical (unpaired) electrons. The van der Waals surface area contributed by atoms with Crippen LogP contribution in [0.25, 0.3) is 53.9 Å². The minimum absolute atomic E-state index is 1.12. The molecule has 0 amide bonds. The first kappa shape index (κ1) is 30.0. The van der Waals surface area contributed by atoms with Gasteiger partial charge in [-0.1, -0.05) is 158 Å². The number of benzene rings is 10. The van der Waals surface area contributed by atoms with E-state index in [1.54, 1.807) is 0 Å². The van der Waals surface area contributed by atoms with Crippen molar-refractivity contribution in [1.29, 1.82) is 0 Å². The number of nitrogens with zero attached hydrogens (tertiary/aromatic N) is 2. The molecule has 0 aliphatic heterocycles. The van der Waals surface area contributed by atoms with Crippen LogP contribution in [0, 0.1) is 0 Å². The fourth-order valence-corrected chi connectivity index (χ4v) is 7.93. The third-order valence-corrected chi connectivity index (χ3v) is 10.4. The monoisotopic (exact) mass is 662 g/mol. The summed E-state index contributed by atoms with van der Waals surface area (Å²) in [5, 5.41) is 12.1. The predicted octanol–water partition coefficient (Wildman–Crippen LogP) is 14.4. The quantitative estimate of drug-likeness (QED) is 0.175. The zero-order valence-corrected chi connectivity index (χ0v) is 28.5. The van der Waals surface area contributed by atoms with Crippen molar-refractivity contribution < 1.29 is 0 Å². The average Bonchev–Trinajstić information content (AvgIpc) is 3.21. The van der Waals surface area contributed by atoms with Crippen molar-refractivity contribution in [3.63, 3.8) is 0 Å². The van der Waals surface area contributed by atoms with Gasteiger partial charge in [0.1, 0.15) is 0 Å². The Balaban J connectivity index is 1.17. The summed E-state index contributed by atoms with van der Waals surface area (Å²) in [5.74, 6) is 0. The Hall–Kier alpha value is -6.90. The molecule has 0 aliphatic rings. The number of hydrogen-bond acceptors (Lipinski definition) is 2. The van der Waals surface area contributed by atoms with E-state index in [0.29, 0.717) is 0 Å². The molecule has 0 N–H and O–H groups in total. The Morgan fingerprint density at radius 1 is 0.212 bits per heavy atom. The lowest BCUT2D eigenvalue weighted by molar-refractivity contribution is 1.31. The molecule has 52 heavy (non-hydrogen) atoms. The molecule has 0 bridgehead atoms. The molecule has 2 nitrogen and oxygen atoms in total. The molecule has 0 atom stereocenters. The van der Waals surface area contributed by atoms with Crippen molar-refractivity contribution in [3.8, 4) is 0 Å². The van der Waals surface area contributed by atoms with Crippen LogP contribution in [-0.4, -0.2) is 0 Å². The molecule has 10 aromatic carbocycles. The van der Waals surface area contributed by atoms with E-state index in [2.05, 4.69) is 216 Å². The van der Waals surface area contributed by atoms with E-state index in [9.17, 15) is 0 Å². The van der Waals surface area contributed by atoms with Gasteiger partial charge in [-0.05, 0) is 80.8 Å². The SMILES string of the molecule is c1ccc2c(N(c3ccc4cc(N(c5cccc6ccccc56)c5cccc6ccccc56)ccc4c3)c3cccc4ccccc34)cccc2c1. The summed E-state index contributed by atoms with van der Waals surface area (Å²) in [6, 6.07) is 74.8. The summed E-state index contributed by atoms with van der Waals surface area (Å²) in [6.07, 6.45) is 0. The molecule has 0 aliphatic carbocycles. The molecule has 244 valence electrons. The van der Waals surface area contributed by atoms with Crippen LogP contribution in [-0.2, 0) is 0 Å². The van der Waals surface area contributed by atoms with Crippen LogP contribution in [0.4, 0.5) is 34.1 Å². The largest absolute Gasteiger partial charge is 0.309 e. The van der Waals surface area contributed by atoms with Crippen molar-refractivity contribution in [3.05, 3.63) is 206 Å². The molecule has 0 heterocycles. The molecule has 0 saturated carbocycles. The van der Waals surface area contributed by atoms with Crippen molar-refractivity contribution in [1.82, 2.24) is 0 Å². The van der Waals surface area contributed by atoms with Crippen LogP contribution in [0.5, 0.6) is 0 Å². The Bertz CT molecular complexity index is 2560. The maximum absolute atomic E-state index is 2.43. The lowest BCUT2D eigenvalue weighted by Crippen LogP contribution is -2.12. The van der Waals surface area contributed by atoms with Crippen LogP contribution in [0.1, 0.15) is 0 Å². The third-order valence-electron chi connectivity index (χ3n) is 10.4. The van der Waals surface area contributed by atoms with Gasteiger partial charge in [0, 0.05) is 32.9 Å². The summed E-state index contributed by atoms with van der Waals surface area (Å²) >= 11 is 0. The van der Waals surface area contributed by atoms with Gasteiger partial charge in [-0.25, -0.2) is 0 Å². The number of hydrogen-bond donors (Lipinski definition) is 0. The first-order valence-corrected chi connectivity index (χ1v) is 17.9. The molecule has 10 aromatic rings. The van der Waals surface area contributed by atoms with E-state index < -0.39 is 0 Å². The van der Waals surface area contributed by atoms with Gasteiger partial charge in [-0.15, -0.1) is 0 Å². The molecule has 2 heteroatoms. The highest BCUT2D eigenvalue weighted by Crippen LogP contribution is 2.45. The van der Waals surface area contributed by atoms with Gasteiger partial charge in [0.15, 0.2) is 0 Å². The van der Waals surface area contributed by atoms with Gasteiger partial charge in [-0.2, -0.15) is 0 Å². The van der Waals surface area contributed by atoms with Gasteiger partial charge in [0.05, 0.1) is 22.7 Å². The summed E-state index contributed by atoms with van der Waals surface area (Å²) < 4.78 is 0. The number of rotatable bonds is 6. The first-order chi connectivity index (χ1) is 25.8. The van der Waals surface area contributed by atoms with E-state index in [4.69, 9.17) is 0 Å². The summed E-state index contributed by atoms with van der Waals surface area (Å²) in [6.45, 7) is 0. The molecule has 0 fully saturated rings. The standard InChI is InChI=1S/C50H34N2/c1-5-21-43-35(13-1)17-9-25-47(43)51(48-26-10-18-36-14-2-6-22-44(36)48)41-31-29-40-34-42(32-30-39(40)33-41)52(49-27-11-19-37-15-3-7-23-45(37)49)50-28-12-20-38-16-4-8-24-46(38)50/h1-34H. The van der Waals surface area contributed by atoms with Gasteiger partial charge in [0.25, 0.3) is 0 Å². The summed E-state index contributed by atoms with van der Waals surface area (Å²) in [5.41, 5.74) is 6.86. The van der Waals surface area contributed by atoms with Crippen molar-refractivity contribution >= 4 is 88.0 Å². The van der Waals surface area contributed by atoms with Crippen LogP contribution in [0.3, 0.4) is 0 Å². The second kappa shape index (κ2) is 12.5. The van der Waals surface area contributed by atoms with Crippen molar-refractivity contribution in [2.45, 2.75) is 0 Å². The summed E-state index contributed by atoms with van der Waals surface area (Å²) in [7, 11) is 0. The van der Waals surface area contributed by atoms with Crippen LogP contribution in [0.15, 0.2) is 206 Å². The Morgan fingerprint density at radius 3 is 0.788 bits per heavy atom. The van der Waals surface area contributed by atoms with Crippen molar-refractivity contribution in [2.75, 3.05) is 9.80 Å². The fourth-order valence-electron chi connectivity index (χ4n) is 7.93. The second-order valence-corrected chi connectivity index (χ2v) is 13.4. The highest BCUT2D eigenvalue weighted by Gasteiger charge is 2.20. The molecule has 0 unspecified atom stereocenters. The Morgan fingerprint density at radius 2 is 0.481 bits per heavy atom. The zero-order valence-electron chi connectivity index (χ0n) is 28.5. The molecular formula is C50H34N2. The lowest BCUT2D eigenvalue weighted by atomic mass is 10.0. The molecule has 0 aromatic heterocycles. The average molecular weight is 663 g/mol. The van der Waals surface area contributed by atoms with Gasteiger partial charge >= 0.3 is 0 Å². The maximum Gasteiger partial charge on any atom is 0.0540 e. The lowest BCUT2D eigenvalue weighted by Gasteiger charge is -2.29. The second-order valence-electron chi connectivity index (χ2n) is 13.4. The smallest absolute Gasteiger partial charge is 0.0540 e. The topological polar surface area (TPSA) is 6.48 Å². The van der Waals surface area contributed by atoms with Crippen molar-refractivity contribution in [2.24, 2.45) is 0 Å². The molecule has 0 spiro atoms. The van der Waals surface area contributed by atoms with Crippen LogP contribution < -0.4 is 9.80 Å². The number of anilines is 6. The van der Waals surface area contributed by atoms with Crippen LogP contribution >= 0.6 is 0 Å². The van der Waals surface area contributed by atoms with E-state index in [-0.39, 0.29) is 0 Å². The molecule has 10 rings (SSSR count). The minimum atomic E-state index is 1.12. The minimum Gasteiger partial charge on any atom is -0.309 e. The van der Waals surface area contributed by atoms with Gasteiger partial charge in [-0.3, -0.25) is 0 Å². The van der Waals surface area contributed by atoms with E-state index in [1.807, 2.05) is 0 Å². The summed E-state index contributed by atoms with van der Waals surface area (Å²) in [4.78, 5) is 4.85. The number of fused-ring (bicyclic) bond motifs is 5.